The van der Waals surface area contributed by atoms with E-state index in [2.05, 4.69) is 0 Å². The van der Waals surface area contributed by atoms with Gasteiger partial charge in [-0.25, -0.2) is 4.79 Å². The van der Waals surface area contributed by atoms with Gasteiger partial charge in [-0.3, -0.25) is 14.5 Å². The van der Waals surface area contributed by atoms with Crippen molar-refractivity contribution >= 4 is 41.0 Å². The van der Waals surface area contributed by atoms with Gasteiger partial charge >= 0.3 is 5.97 Å². The number of imide groups is 1. The molecule has 0 aliphatic carbocycles. The molecule has 1 aliphatic rings. The van der Waals surface area contributed by atoms with Gasteiger partial charge < -0.3 is 5.11 Å². The van der Waals surface area contributed by atoms with Crippen LogP contribution in [0.3, 0.4) is 0 Å². The molecule has 7 heteroatoms. The van der Waals surface area contributed by atoms with E-state index < -0.39 is 23.8 Å². The zero-order valence-corrected chi connectivity index (χ0v) is 13.0. The number of hydrogen-bond acceptors (Lipinski definition) is 3. The average molecular weight is 350 g/mol. The normalized spacial score (nSPS) is 14.8. The molecule has 0 aromatic heterocycles. The molecule has 23 heavy (non-hydrogen) atoms. The first-order valence-electron chi connectivity index (χ1n) is 6.56. The third kappa shape index (κ3) is 2.48. The number of nitrogens with zero attached hydrogens (tertiary/aromatic N) is 1. The van der Waals surface area contributed by atoms with E-state index in [1.807, 2.05) is 0 Å². The Morgan fingerprint density at radius 1 is 1.04 bits per heavy atom. The van der Waals surface area contributed by atoms with Crippen molar-refractivity contribution in [3.63, 3.8) is 0 Å². The average Bonchev–Trinajstić information content (AvgIpc) is 2.73. The number of benzene rings is 2. The van der Waals surface area contributed by atoms with Crippen LogP contribution in [0.4, 0.5) is 0 Å². The molecule has 1 N–H and O–H groups in total. The highest BCUT2D eigenvalue weighted by Gasteiger charge is 2.45. The Morgan fingerprint density at radius 2 is 1.70 bits per heavy atom. The molecule has 1 unspecified atom stereocenters. The quantitative estimate of drug-likeness (QED) is 0.861. The lowest BCUT2D eigenvalue weighted by molar-refractivity contribution is -0.141. The number of carboxylic acid groups (broad SMARTS) is 1. The first-order chi connectivity index (χ1) is 10.9. The van der Waals surface area contributed by atoms with E-state index in [0.29, 0.717) is 10.5 Å². The highest BCUT2D eigenvalue weighted by molar-refractivity contribution is 6.40. The van der Waals surface area contributed by atoms with Crippen molar-refractivity contribution in [2.45, 2.75) is 6.04 Å². The highest BCUT2D eigenvalue weighted by atomic mass is 35.5. The van der Waals surface area contributed by atoms with Crippen molar-refractivity contribution in [1.82, 2.24) is 4.90 Å². The van der Waals surface area contributed by atoms with E-state index in [0.717, 1.165) is 0 Å². The Morgan fingerprint density at radius 3 is 2.30 bits per heavy atom. The molecule has 3 rings (SSSR count). The summed E-state index contributed by atoms with van der Waals surface area (Å²) in [6.07, 6.45) is 0. The van der Waals surface area contributed by atoms with Crippen molar-refractivity contribution in [2.24, 2.45) is 0 Å². The molecule has 2 aromatic rings. The minimum absolute atomic E-state index is 0.00896. The van der Waals surface area contributed by atoms with E-state index in [1.165, 1.54) is 24.3 Å². The number of hydrogen-bond donors (Lipinski definition) is 1. The van der Waals surface area contributed by atoms with Crippen LogP contribution in [0.15, 0.2) is 42.5 Å². The summed E-state index contributed by atoms with van der Waals surface area (Å²) in [6.45, 7) is 0. The number of rotatable bonds is 3. The minimum atomic E-state index is -1.43. The fourth-order valence-corrected chi connectivity index (χ4v) is 3.15. The molecule has 116 valence electrons. The second-order valence-electron chi connectivity index (χ2n) is 4.94. The molecular formula is C16H9Cl2NO4. The van der Waals surface area contributed by atoms with Crippen LogP contribution in [-0.4, -0.2) is 27.8 Å². The van der Waals surface area contributed by atoms with E-state index in [4.69, 9.17) is 23.2 Å². The molecule has 1 aliphatic heterocycles. The fraction of sp³-hybridized carbons (Fsp3) is 0.0625. The molecule has 0 bridgehead atoms. The number of halogens is 2. The number of fused-ring (bicyclic) bond motifs is 1. The molecule has 0 spiro atoms. The topological polar surface area (TPSA) is 74.7 Å². The fourth-order valence-electron chi connectivity index (χ4n) is 2.57. The van der Waals surface area contributed by atoms with E-state index in [-0.39, 0.29) is 21.2 Å². The van der Waals surface area contributed by atoms with Crippen LogP contribution in [0.2, 0.25) is 10.0 Å². The number of amides is 2. The Bertz CT molecular complexity index is 835. The van der Waals surface area contributed by atoms with Gasteiger partial charge in [0.05, 0.1) is 16.1 Å². The molecule has 0 fully saturated rings. The summed E-state index contributed by atoms with van der Waals surface area (Å²) < 4.78 is 0. The number of carbonyl (C=O) groups excluding carboxylic acids is 2. The van der Waals surface area contributed by atoms with Gasteiger partial charge in [0, 0.05) is 5.02 Å². The van der Waals surface area contributed by atoms with Gasteiger partial charge in [0.15, 0.2) is 6.04 Å². The maximum Gasteiger partial charge on any atom is 0.331 e. The summed E-state index contributed by atoms with van der Waals surface area (Å²) in [5, 5.41) is 9.74. The van der Waals surface area contributed by atoms with Gasteiger partial charge in [0.25, 0.3) is 11.8 Å². The lowest BCUT2D eigenvalue weighted by Gasteiger charge is -2.22. The van der Waals surface area contributed by atoms with Crippen LogP contribution >= 0.6 is 23.2 Å². The molecular weight excluding hydrogens is 341 g/mol. The van der Waals surface area contributed by atoms with Gasteiger partial charge in [0.1, 0.15) is 0 Å². The number of aliphatic carboxylic acids is 1. The standard InChI is InChI=1S/C16H9Cl2NO4/c17-9-6-10-12(11(18)7-9)15(21)19(14(10)20)13(16(22)23)8-4-2-1-3-5-8/h1-7,13H,(H,22,23). The third-order valence-electron chi connectivity index (χ3n) is 3.54. The highest BCUT2D eigenvalue weighted by Crippen LogP contribution is 2.36. The first-order valence-corrected chi connectivity index (χ1v) is 7.32. The largest absolute Gasteiger partial charge is 0.479 e. The predicted octanol–water partition coefficient (Wildman–Crippen LogP) is 3.42. The van der Waals surface area contributed by atoms with Crippen molar-refractivity contribution < 1.29 is 19.5 Å². The van der Waals surface area contributed by atoms with Crippen LogP contribution in [0.1, 0.15) is 32.3 Å². The van der Waals surface area contributed by atoms with Crippen molar-refractivity contribution in [2.75, 3.05) is 0 Å². The third-order valence-corrected chi connectivity index (χ3v) is 4.06. The zero-order valence-electron chi connectivity index (χ0n) is 11.5. The monoisotopic (exact) mass is 349 g/mol. The van der Waals surface area contributed by atoms with E-state index in [1.54, 1.807) is 18.2 Å². The second kappa shape index (κ2) is 5.68. The molecule has 0 saturated carbocycles. The molecule has 1 atom stereocenters. The Balaban J connectivity index is 2.14. The van der Waals surface area contributed by atoms with Crippen molar-refractivity contribution in [3.05, 3.63) is 69.2 Å². The summed E-state index contributed by atoms with van der Waals surface area (Å²) in [6, 6.07) is 9.27. The van der Waals surface area contributed by atoms with Crippen LogP contribution in [0.25, 0.3) is 0 Å². The predicted molar refractivity (Wildman–Crippen MR) is 83.8 cm³/mol. The van der Waals surface area contributed by atoms with E-state index in [9.17, 15) is 19.5 Å². The summed E-state index contributed by atoms with van der Waals surface area (Å²) in [4.78, 5) is 37.5. The summed E-state index contributed by atoms with van der Waals surface area (Å²) in [7, 11) is 0. The van der Waals surface area contributed by atoms with Crippen molar-refractivity contribution in [1.29, 1.82) is 0 Å². The zero-order chi connectivity index (χ0) is 16.7. The second-order valence-corrected chi connectivity index (χ2v) is 5.79. The Hall–Kier alpha value is -2.37. The number of carboxylic acids is 1. The van der Waals surface area contributed by atoms with Crippen LogP contribution in [-0.2, 0) is 4.79 Å². The molecule has 0 saturated heterocycles. The molecule has 1 heterocycles. The first kappa shape index (κ1) is 15.5. The summed E-state index contributed by atoms with van der Waals surface area (Å²) in [5.74, 6) is -2.79. The summed E-state index contributed by atoms with van der Waals surface area (Å²) in [5.41, 5.74) is 0.301. The van der Waals surface area contributed by atoms with Gasteiger partial charge in [-0.05, 0) is 17.7 Å². The van der Waals surface area contributed by atoms with Gasteiger partial charge in [-0.2, -0.15) is 0 Å². The lowest BCUT2D eigenvalue weighted by Crippen LogP contribution is -2.38. The summed E-state index contributed by atoms with van der Waals surface area (Å²) >= 11 is 11.9. The van der Waals surface area contributed by atoms with E-state index >= 15 is 0 Å². The van der Waals surface area contributed by atoms with Gasteiger partial charge in [-0.1, -0.05) is 53.5 Å². The van der Waals surface area contributed by atoms with Crippen LogP contribution in [0.5, 0.6) is 0 Å². The molecule has 2 amide bonds. The van der Waals surface area contributed by atoms with Crippen molar-refractivity contribution in [3.8, 4) is 0 Å². The maximum atomic E-state index is 12.6. The molecule has 2 aromatic carbocycles. The van der Waals surface area contributed by atoms with Crippen LogP contribution in [0, 0.1) is 0 Å². The Kier molecular flexibility index (Phi) is 3.83. The smallest absolute Gasteiger partial charge is 0.331 e. The minimum Gasteiger partial charge on any atom is -0.479 e. The molecule has 5 nitrogen and oxygen atoms in total. The van der Waals surface area contributed by atoms with Gasteiger partial charge in [0.2, 0.25) is 0 Å². The maximum absolute atomic E-state index is 12.6. The van der Waals surface area contributed by atoms with Crippen LogP contribution < -0.4 is 0 Å². The number of carbonyl (C=O) groups is 3. The SMILES string of the molecule is O=C(O)C(c1ccccc1)N1C(=O)c2cc(Cl)cc(Cl)c2C1=O. The van der Waals surface area contributed by atoms with Gasteiger partial charge in [-0.15, -0.1) is 0 Å². The molecule has 0 radical (unpaired) electrons. The lowest BCUT2D eigenvalue weighted by atomic mass is 10.1. The Labute approximate surface area is 141 Å².